The average Bonchev–Trinajstić information content (AvgIpc) is 3.34. The number of hydrogen-bond donors (Lipinski definition) is 2. The number of unbranched alkanes of at least 4 members (excludes halogenated alkanes) is 27. The Kier molecular flexibility index (Phi) is 51.8. The van der Waals surface area contributed by atoms with Crippen molar-refractivity contribution in [2.45, 2.75) is 270 Å². The second-order valence-corrected chi connectivity index (χ2v) is 22.7. The van der Waals surface area contributed by atoms with Gasteiger partial charge in [0, 0.05) is 6.42 Å². The molecule has 0 aliphatic heterocycles. The number of phosphoric acid groups is 1. The summed E-state index contributed by atoms with van der Waals surface area (Å²) < 4.78 is 23.4. The number of nitrogens with zero attached hydrogens (tertiary/aromatic N) is 1. The lowest BCUT2D eigenvalue weighted by atomic mass is 10.0. The van der Waals surface area contributed by atoms with Gasteiger partial charge in [-0.25, -0.2) is 0 Å². The lowest BCUT2D eigenvalue weighted by Crippen LogP contribution is -2.46. The van der Waals surface area contributed by atoms with Gasteiger partial charge in [0.05, 0.1) is 39.9 Å². The summed E-state index contributed by atoms with van der Waals surface area (Å²) in [5, 5.41) is 14.0. The van der Waals surface area contributed by atoms with Gasteiger partial charge in [-0.1, -0.05) is 272 Å². The van der Waals surface area contributed by atoms with Gasteiger partial charge in [-0.3, -0.25) is 9.36 Å². The zero-order valence-corrected chi connectivity index (χ0v) is 48.5. The molecule has 0 radical (unpaired) electrons. The molecule has 0 spiro atoms. The number of rotatable bonds is 54. The molecule has 0 aromatic rings. The highest BCUT2D eigenvalue weighted by Crippen LogP contribution is 2.38. The molecule has 9 heteroatoms. The standard InChI is InChI=1S/C63H115N2O6P/c1-6-8-10-12-14-16-18-20-22-24-26-28-30-31-32-33-35-36-38-40-42-44-46-48-50-52-54-56-62(66)61(60-71-72(68,69)70-59-58-65(3,4)5)64-63(67)57-55-53-51-49-47-45-43-41-39-37-34-29-27-25-23-21-19-17-15-13-11-9-7-2/h9,11,15,17,21,23,27,29,37,39,43,45,49,51,61-62,66H,6-8,10,12-14,16,18-20,22,24-26,28,30-36,38,40-42,44,46-48,50,52-60H2,1-5H3,(H-,64,67,68,69)/b11-9-,17-15-,23-21-,29-27-,39-37-,45-43-,51-49-. The quantitative estimate of drug-likeness (QED) is 0.0272. The fraction of sp³-hybridized carbons (Fsp3) is 0.762. The largest absolute Gasteiger partial charge is 0.756 e. The third kappa shape index (κ3) is 55.4. The lowest BCUT2D eigenvalue weighted by Gasteiger charge is -2.30. The van der Waals surface area contributed by atoms with Gasteiger partial charge >= 0.3 is 0 Å². The van der Waals surface area contributed by atoms with Crippen LogP contribution < -0.4 is 10.2 Å². The van der Waals surface area contributed by atoms with E-state index in [1.807, 2.05) is 21.1 Å². The predicted octanol–water partition coefficient (Wildman–Crippen LogP) is 17.8. The van der Waals surface area contributed by atoms with Crippen LogP contribution in [0.1, 0.15) is 258 Å². The highest BCUT2D eigenvalue weighted by Gasteiger charge is 2.24. The Morgan fingerprint density at radius 3 is 1.18 bits per heavy atom. The van der Waals surface area contributed by atoms with Crippen LogP contribution in [0.4, 0.5) is 0 Å². The van der Waals surface area contributed by atoms with Crippen LogP contribution in [-0.4, -0.2) is 68.5 Å². The number of nitrogens with one attached hydrogen (secondary N) is 1. The van der Waals surface area contributed by atoms with E-state index in [-0.39, 0.29) is 25.5 Å². The molecule has 0 aromatic heterocycles. The molecular formula is C63H115N2O6P. The summed E-state index contributed by atoms with van der Waals surface area (Å²) in [5.74, 6) is -0.222. The first kappa shape index (κ1) is 69.7. The van der Waals surface area contributed by atoms with E-state index in [4.69, 9.17) is 9.05 Å². The number of amides is 1. The molecule has 3 unspecified atom stereocenters. The maximum Gasteiger partial charge on any atom is 0.268 e. The summed E-state index contributed by atoms with van der Waals surface area (Å²) in [6.07, 6.45) is 74.9. The van der Waals surface area contributed by atoms with Crippen LogP contribution in [0.15, 0.2) is 85.1 Å². The van der Waals surface area contributed by atoms with Crippen molar-refractivity contribution in [1.29, 1.82) is 0 Å². The third-order valence-corrected chi connectivity index (χ3v) is 14.1. The van der Waals surface area contributed by atoms with Crippen LogP contribution in [0.3, 0.4) is 0 Å². The molecule has 1 amide bonds. The van der Waals surface area contributed by atoms with Gasteiger partial charge in [-0.15, -0.1) is 0 Å². The summed E-state index contributed by atoms with van der Waals surface area (Å²) in [7, 11) is 1.26. The van der Waals surface area contributed by atoms with E-state index in [1.54, 1.807) is 0 Å². The van der Waals surface area contributed by atoms with Gasteiger partial charge in [0.1, 0.15) is 13.2 Å². The Bertz CT molecular complexity index is 1450. The van der Waals surface area contributed by atoms with E-state index in [2.05, 4.69) is 104 Å². The lowest BCUT2D eigenvalue weighted by molar-refractivity contribution is -0.870. The summed E-state index contributed by atoms with van der Waals surface area (Å²) in [6.45, 7) is 4.58. The van der Waals surface area contributed by atoms with Gasteiger partial charge in [-0.2, -0.15) is 0 Å². The topological polar surface area (TPSA) is 108 Å². The number of hydrogen-bond acceptors (Lipinski definition) is 6. The van der Waals surface area contributed by atoms with Crippen molar-refractivity contribution in [2.24, 2.45) is 0 Å². The number of aliphatic hydroxyl groups is 1. The summed E-state index contributed by atoms with van der Waals surface area (Å²) >= 11 is 0. The first-order chi connectivity index (χ1) is 35.0. The number of quaternary nitrogens is 1. The number of likely N-dealkylation sites (N-methyl/N-ethyl adjacent to an activating group) is 1. The van der Waals surface area contributed by atoms with Crippen LogP contribution in [-0.2, 0) is 18.4 Å². The molecule has 0 aliphatic carbocycles. The number of phosphoric ester groups is 1. The van der Waals surface area contributed by atoms with Crippen molar-refractivity contribution in [1.82, 2.24) is 5.32 Å². The minimum atomic E-state index is -4.60. The van der Waals surface area contributed by atoms with E-state index < -0.39 is 20.0 Å². The van der Waals surface area contributed by atoms with Crippen molar-refractivity contribution in [3.63, 3.8) is 0 Å². The zero-order valence-electron chi connectivity index (χ0n) is 47.6. The fourth-order valence-electron chi connectivity index (χ4n) is 8.50. The number of carbonyl (C=O) groups excluding carboxylic acids is 1. The minimum absolute atomic E-state index is 0.00290. The normalized spacial score (nSPS) is 14.5. The van der Waals surface area contributed by atoms with E-state index in [0.29, 0.717) is 23.9 Å². The third-order valence-electron chi connectivity index (χ3n) is 13.1. The van der Waals surface area contributed by atoms with Gasteiger partial charge in [0.25, 0.3) is 7.82 Å². The van der Waals surface area contributed by atoms with Crippen LogP contribution >= 0.6 is 7.82 Å². The van der Waals surface area contributed by atoms with Gasteiger partial charge in [0.15, 0.2) is 0 Å². The van der Waals surface area contributed by atoms with Crippen molar-refractivity contribution in [3.8, 4) is 0 Å². The van der Waals surface area contributed by atoms with Crippen LogP contribution in [0.5, 0.6) is 0 Å². The van der Waals surface area contributed by atoms with Crippen molar-refractivity contribution < 1.29 is 32.9 Å². The van der Waals surface area contributed by atoms with Crippen molar-refractivity contribution in [2.75, 3.05) is 40.9 Å². The van der Waals surface area contributed by atoms with Crippen LogP contribution in [0.25, 0.3) is 0 Å². The molecule has 0 fully saturated rings. The molecule has 0 heterocycles. The Hall–Kier alpha value is -2.32. The molecule has 0 saturated carbocycles. The maximum absolute atomic E-state index is 13.0. The first-order valence-corrected chi connectivity index (χ1v) is 31.4. The molecule has 418 valence electrons. The highest BCUT2D eigenvalue weighted by atomic mass is 31.2. The Labute approximate surface area is 446 Å². The minimum Gasteiger partial charge on any atom is -0.756 e. The summed E-state index contributed by atoms with van der Waals surface area (Å²) in [5.41, 5.74) is 0. The van der Waals surface area contributed by atoms with Crippen molar-refractivity contribution >= 4 is 13.7 Å². The van der Waals surface area contributed by atoms with Crippen LogP contribution in [0, 0.1) is 0 Å². The van der Waals surface area contributed by atoms with Crippen molar-refractivity contribution in [3.05, 3.63) is 85.1 Å². The van der Waals surface area contributed by atoms with E-state index >= 15 is 0 Å². The Balaban J connectivity index is 4.24. The summed E-state index contributed by atoms with van der Waals surface area (Å²) in [6, 6.07) is -0.838. The molecule has 3 atom stereocenters. The molecule has 2 N–H and O–H groups in total. The van der Waals surface area contributed by atoms with Gasteiger partial charge < -0.3 is 28.8 Å². The zero-order chi connectivity index (χ0) is 52.7. The molecule has 72 heavy (non-hydrogen) atoms. The molecule has 0 saturated heterocycles. The fourth-order valence-corrected chi connectivity index (χ4v) is 9.22. The molecule has 0 aliphatic rings. The van der Waals surface area contributed by atoms with E-state index in [9.17, 15) is 19.4 Å². The molecular weight excluding hydrogens is 912 g/mol. The number of carbonyl (C=O) groups is 1. The first-order valence-electron chi connectivity index (χ1n) is 29.9. The molecule has 0 bridgehead atoms. The number of aliphatic hydroxyl groups excluding tert-OH is 1. The Morgan fingerprint density at radius 2 is 0.833 bits per heavy atom. The molecule has 8 nitrogen and oxygen atoms in total. The Morgan fingerprint density at radius 1 is 0.500 bits per heavy atom. The number of allylic oxidation sites excluding steroid dienone is 14. The highest BCUT2D eigenvalue weighted by molar-refractivity contribution is 7.45. The second-order valence-electron chi connectivity index (χ2n) is 21.3. The molecule has 0 aromatic carbocycles. The van der Waals surface area contributed by atoms with Gasteiger partial charge in [-0.05, 0) is 64.2 Å². The average molecular weight is 1030 g/mol. The second kappa shape index (κ2) is 53.5. The smallest absolute Gasteiger partial charge is 0.268 e. The van der Waals surface area contributed by atoms with E-state index in [0.717, 1.165) is 70.6 Å². The maximum atomic E-state index is 13.0. The van der Waals surface area contributed by atoms with Crippen LogP contribution in [0.2, 0.25) is 0 Å². The molecule has 0 rings (SSSR count). The SMILES string of the molecule is CC/C=C\C/C=C\C/C=C\C/C=C\C/C=C\C/C=C\C/C=C\CCCC(=O)NC(COP(=O)([O-])OCC[N+](C)(C)C)C(O)CCCCCCCCCCCCCCCCCCCCCCCCCCCCC. The van der Waals surface area contributed by atoms with E-state index in [1.165, 1.54) is 154 Å². The monoisotopic (exact) mass is 1030 g/mol. The summed E-state index contributed by atoms with van der Waals surface area (Å²) in [4.78, 5) is 25.5. The van der Waals surface area contributed by atoms with Gasteiger partial charge in [0.2, 0.25) is 5.91 Å². The predicted molar refractivity (Wildman–Crippen MR) is 311 cm³/mol.